The molecule has 0 saturated heterocycles. The predicted molar refractivity (Wildman–Crippen MR) is 207 cm³/mol. The lowest BCUT2D eigenvalue weighted by atomic mass is 9.94. The van der Waals surface area contributed by atoms with Crippen LogP contribution in [0.1, 0.15) is 75.2 Å². The van der Waals surface area contributed by atoms with Gasteiger partial charge in [-0.2, -0.15) is 0 Å². The third kappa shape index (κ3) is 11.3. The first-order valence-corrected chi connectivity index (χ1v) is 20.8. The van der Waals surface area contributed by atoms with Gasteiger partial charge in [0, 0.05) is 30.1 Å². The van der Waals surface area contributed by atoms with E-state index in [1.165, 1.54) is 43.5 Å². The number of ether oxygens (including phenoxy) is 2. The van der Waals surface area contributed by atoms with Gasteiger partial charge in [-0.25, -0.2) is 4.39 Å². The summed E-state index contributed by atoms with van der Waals surface area (Å²) in [5, 5.41) is 2.67. The van der Waals surface area contributed by atoms with Crippen molar-refractivity contribution in [2.24, 2.45) is 0 Å². The number of benzene rings is 3. The van der Waals surface area contributed by atoms with Crippen LogP contribution in [0.4, 0.5) is 17.6 Å². The highest BCUT2D eigenvalue weighted by Gasteiger charge is 2.40. The summed E-state index contributed by atoms with van der Waals surface area (Å²) in [7, 11) is -1.12. The van der Waals surface area contributed by atoms with E-state index in [0.717, 1.165) is 0 Å². The van der Waals surface area contributed by atoms with E-state index in [4.69, 9.17) is 9.16 Å². The van der Waals surface area contributed by atoms with Gasteiger partial charge in [0.25, 0.3) is 5.91 Å². The van der Waals surface area contributed by atoms with Crippen LogP contribution in [0.2, 0.25) is 18.1 Å². The summed E-state index contributed by atoms with van der Waals surface area (Å²) in [4.78, 5) is 40.5. The summed E-state index contributed by atoms with van der Waals surface area (Å²) in [5.74, 6) is -2.26. The van der Waals surface area contributed by atoms with Crippen molar-refractivity contribution in [1.82, 2.24) is 9.88 Å². The van der Waals surface area contributed by atoms with E-state index in [9.17, 15) is 31.9 Å². The van der Waals surface area contributed by atoms with Crippen LogP contribution in [0.3, 0.4) is 0 Å². The van der Waals surface area contributed by atoms with Crippen LogP contribution >= 0.6 is 0 Å². The number of nitrogens with zero attached hydrogens (tertiary/aromatic N) is 1. The molecular formula is C42H48F4N2O6Si. The van der Waals surface area contributed by atoms with E-state index in [2.05, 4.69) is 30.8 Å². The smallest absolute Gasteiger partial charge is 0.469 e. The van der Waals surface area contributed by atoms with E-state index < -0.39 is 44.2 Å². The normalized spacial score (nSPS) is 12.9. The minimum absolute atomic E-state index is 0.109. The third-order valence-corrected chi connectivity index (χ3v) is 14.0. The van der Waals surface area contributed by atoms with E-state index in [-0.39, 0.29) is 41.9 Å². The number of alkyl halides is 3. The average Bonchev–Trinajstić information content (AvgIpc) is 3.44. The summed E-state index contributed by atoms with van der Waals surface area (Å²) >= 11 is 0. The molecule has 1 amide bonds. The Morgan fingerprint density at radius 3 is 2.09 bits per heavy atom. The molecule has 1 heterocycles. The van der Waals surface area contributed by atoms with E-state index in [1.807, 2.05) is 57.3 Å². The maximum atomic E-state index is 14.4. The number of amides is 1. The van der Waals surface area contributed by atoms with Crippen molar-refractivity contribution in [2.75, 3.05) is 7.11 Å². The molecule has 1 aromatic heterocycles. The van der Waals surface area contributed by atoms with E-state index in [0.29, 0.717) is 33.5 Å². The molecule has 0 aliphatic rings. The van der Waals surface area contributed by atoms with Crippen molar-refractivity contribution in [1.29, 1.82) is 0 Å². The first-order valence-electron chi connectivity index (χ1n) is 17.9. The topological polar surface area (TPSA) is 95.9 Å². The molecule has 4 aromatic rings. The summed E-state index contributed by atoms with van der Waals surface area (Å²) in [6.07, 6.45) is -2.83. The third-order valence-electron chi connectivity index (χ3n) is 9.50. The maximum Gasteiger partial charge on any atom is 0.573 e. The molecular weight excluding hydrogens is 733 g/mol. The number of aromatic nitrogens is 1. The molecule has 0 unspecified atom stereocenters. The Balaban J connectivity index is 1.85. The first kappa shape index (κ1) is 42.7. The van der Waals surface area contributed by atoms with E-state index >= 15 is 0 Å². The number of methoxy groups -OCH3 is 1. The van der Waals surface area contributed by atoms with Crippen molar-refractivity contribution in [3.8, 4) is 28.0 Å². The molecule has 3 aromatic carbocycles. The molecule has 13 heteroatoms. The fourth-order valence-corrected chi connectivity index (χ4v) is 7.28. The number of allylic oxidation sites excluding steroid dienone is 1. The van der Waals surface area contributed by atoms with Gasteiger partial charge in [0.15, 0.2) is 14.1 Å². The summed E-state index contributed by atoms with van der Waals surface area (Å²) in [6, 6.07) is 19.9. The van der Waals surface area contributed by atoms with Crippen LogP contribution in [-0.2, 0) is 25.3 Å². The molecule has 0 fully saturated rings. The van der Waals surface area contributed by atoms with E-state index in [1.54, 1.807) is 28.8 Å². The summed E-state index contributed by atoms with van der Waals surface area (Å²) in [6.45, 7) is 13.9. The highest BCUT2D eigenvalue weighted by atomic mass is 28.4. The first-order chi connectivity index (χ1) is 25.7. The monoisotopic (exact) mass is 780 g/mol. The molecule has 294 valence electrons. The molecule has 0 aliphatic carbocycles. The van der Waals surface area contributed by atoms with Crippen molar-refractivity contribution in [2.45, 2.75) is 90.6 Å². The van der Waals surface area contributed by atoms with Crippen molar-refractivity contribution in [3.05, 3.63) is 108 Å². The van der Waals surface area contributed by atoms with Crippen LogP contribution in [0.5, 0.6) is 5.75 Å². The largest absolute Gasteiger partial charge is 0.573 e. The quantitative estimate of drug-likeness (QED) is 0.0559. The van der Waals surface area contributed by atoms with Crippen LogP contribution in [-0.4, -0.2) is 50.1 Å². The van der Waals surface area contributed by atoms with Gasteiger partial charge < -0.3 is 23.8 Å². The number of hydrogen-bond acceptors (Lipinski definition) is 6. The molecule has 0 aliphatic heterocycles. The number of carbonyl (C=O) groups is 3. The molecule has 0 radical (unpaired) electrons. The van der Waals surface area contributed by atoms with Crippen molar-refractivity contribution < 1.29 is 45.8 Å². The number of ketones is 1. The fraction of sp³-hybridized carbons (Fsp3) is 0.357. The Kier molecular flexibility index (Phi) is 13.7. The zero-order valence-electron chi connectivity index (χ0n) is 32.3. The van der Waals surface area contributed by atoms with Gasteiger partial charge >= 0.3 is 12.3 Å². The summed E-state index contributed by atoms with van der Waals surface area (Å²) in [5.41, 5.74) is 3.36. The molecule has 0 spiro atoms. The summed E-state index contributed by atoms with van der Waals surface area (Å²) < 4.78 is 70.3. The predicted octanol–water partition coefficient (Wildman–Crippen LogP) is 10.3. The second-order valence-corrected chi connectivity index (χ2v) is 19.7. The zero-order valence-corrected chi connectivity index (χ0v) is 33.3. The molecule has 1 N–H and O–H groups in total. The van der Waals surface area contributed by atoms with Gasteiger partial charge in [0.05, 0.1) is 25.3 Å². The van der Waals surface area contributed by atoms with Gasteiger partial charge in [-0.1, -0.05) is 75.4 Å². The molecule has 0 bridgehead atoms. The average molecular weight is 781 g/mol. The van der Waals surface area contributed by atoms with Crippen molar-refractivity contribution >= 4 is 32.1 Å². The number of nitrogens with one attached hydrogen (secondary N) is 1. The van der Waals surface area contributed by atoms with Gasteiger partial charge in [-0.3, -0.25) is 14.4 Å². The van der Waals surface area contributed by atoms with Gasteiger partial charge in [0.2, 0.25) is 0 Å². The Hall–Kier alpha value is -5.01. The molecule has 1 atom stereocenters. The Labute approximate surface area is 320 Å². The minimum Gasteiger partial charge on any atom is -0.469 e. The highest BCUT2D eigenvalue weighted by molar-refractivity contribution is 6.74. The second-order valence-electron chi connectivity index (χ2n) is 15.0. The van der Waals surface area contributed by atoms with Crippen LogP contribution in [0, 0.1) is 5.82 Å². The van der Waals surface area contributed by atoms with Gasteiger partial charge in [-0.15, -0.1) is 13.2 Å². The number of hydrogen-bond donors (Lipinski definition) is 1. The molecule has 4 rings (SSSR count). The molecule has 55 heavy (non-hydrogen) atoms. The number of rotatable bonds is 15. The molecule has 0 saturated carbocycles. The lowest BCUT2D eigenvalue weighted by Gasteiger charge is -2.39. The minimum atomic E-state index is -4.88. The Morgan fingerprint density at radius 1 is 0.873 bits per heavy atom. The Bertz CT molecular complexity index is 2000. The van der Waals surface area contributed by atoms with Crippen LogP contribution in [0.15, 0.2) is 84.9 Å². The van der Waals surface area contributed by atoms with Crippen molar-refractivity contribution in [3.63, 3.8) is 0 Å². The van der Waals surface area contributed by atoms with Gasteiger partial charge in [0.1, 0.15) is 17.3 Å². The Morgan fingerprint density at radius 2 is 1.51 bits per heavy atom. The molecule has 8 nitrogen and oxygen atoms in total. The second kappa shape index (κ2) is 17.6. The SMILES string of the molecule is COC(=O)C[C@@H](CC(=O)C=Cc1c(-c2ccc(F)cc2)c(-c2ccccc2)c(C(=O)NCc2cccc(OC(F)(F)F)c2)n1C(C)C)O[Si](C)(C)C(C)(C)C. The lowest BCUT2D eigenvalue weighted by Crippen LogP contribution is -2.44. The highest BCUT2D eigenvalue weighted by Crippen LogP contribution is 2.43. The van der Waals surface area contributed by atoms with Gasteiger partial charge in [-0.05, 0) is 85.1 Å². The van der Waals surface area contributed by atoms with Crippen LogP contribution < -0.4 is 10.1 Å². The maximum absolute atomic E-state index is 14.4. The van der Waals surface area contributed by atoms with Crippen LogP contribution in [0.25, 0.3) is 28.3 Å². The zero-order chi connectivity index (χ0) is 40.7. The standard InChI is InChI=1S/C42H48F4N2O6Si/c1-27(2)48-35(22-21-32(49)24-34(25-36(50)52-6)54-55(7,8)41(3,4)5)37(30-17-19-31(43)20-18-30)38(29-14-10-9-11-15-29)39(48)40(51)47-26-28-13-12-16-33(23-28)53-42(44,45)46/h9-23,27,34H,24-26H2,1-8H3,(H,47,51)/t34-/m1/s1. The lowest BCUT2D eigenvalue weighted by molar-refractivity contribution is -0.274. The number of halogens is 4. The number of esters is 1. The number of carbonyl (C=O) groups excluding carboxylic acids is 3. The fourth-order valence-electron chi connectivity index (χ4n) is 5.93.